The van der Waals surface area contributed by atoms with E-state index in [-0.39, 0.29) is 5.91 Å². The predicted octanol–water partition coefficient (Wildman–Crippen LogP) is 4.22. The van der Waals surface area contributed by atoms with Gasteiger partial charge < -0.3 is 14.7 Å². The summed E-state index contributed by atoms with van der Waals surface area (Å²) >= 11 is 3.71. The highest BCUT2D eigenvalue weighted by Crippen LogP contribution is 2.33. The third-order valence-electron chi connectivity index (χ3n) is 5.34. The number of piperazine rings is 1. The van der Waals surface area contributed by atoms with Crippen molar-refractivity contribution < 1.29 is 4.79 Å². The van der Waals surface area contributed by atoms with E-state index in [9.17, 15) is 4.79 Å². The summed E-state index contributed by atoms with van der Waals surface area (Å²) < 4.78 is 1.00. The first kappa shape index (κ1) is 21.7. The first-order valence-corrected chi connectivity index (χ1v) is 11.0. The maximum absolute atomic E-state index is 13.0. The van der Waals surface area contributed by atoms with E-state index >= 15 is 0 Å². The summed E-state index contributed by atoms with van der Waals surface area (Å²) in [4.78, 5) is 28.5. The monoisotopic (exact) mass is 459 g/mol. The first-order valence-electron chi connectivity index (χ1n) is 10.2. The van der Waals surface area contributed by atoms with E-state index in [1.54, 1.807) is 6.07 Å². The molecular weight excluding hydrogens is 430 g/mol. The van der Waals surface area contributed by atoms with Gasteiger partial charge in [-0.2, -0.15) is 0 Å². The van der Waals surface area contributed by atoms with Gasteiger partial charge in [0.15, 0.2) is 0 Å². The van der Waals surface area contributed by atoms with Crippen molar-refractivity contribution >= 4 is 33.5 Å². The molecule has 0 saturated carbocycles. The van der Waals surface area contributed by atoms with Crippen LogP contribution in [0.3, 0.4) is 0 Å². The van der Waals surface area contributed by atoms with Gasteiger partial charge >= 0.3 is 0 Å². The third-order valence-corrected chi connectivity index (χ3v) is 5.97. The number of carbonyl (C=O) groups is 1. The Morgan fingerprint density at radius 2 is 1.86 bits per heavy atom. The van der Waals surface area contributed by atoms with Gasteiger partial charge in [0, 0.05) is 42.9 Å². The number of rotatable bonds is 5. The second-order valence-corrected chi connectivity index (χ2v) is 8.75. The van der Waals surface area contributed by atoms with E-state index in [0.717, 1.165) is 42.0 Å². The first-order chi connectivity index (χ1) is 13.8. The lowest BCUT2D eigenvalue weighted by Crippen LogP contribution is -2.47. The average molecular weight is 460 g/mol. The maximum atomic E-state index is 13.0. The minimum Gasteiger partial charge on any atom is -0.335 e. The normalized spacial score (nSPS) is 15.1. The second-order valence-electron chi connectivity index (χ2n) is 7.90. The van der Waals surface area contributed by atoms with Crippen LogP contribution in [0.5, 0.6) is 0 Å². The Balaban J connectivity index is 1.92. The molecule has 3 rings (SSSR count). The molecular formula is C22H30BrN5O. The molecule has 1 aromatic heterocycles. The lowest BCUT2D eigenvalue weighted by atomic mass is 10.0. The Kier molecular flexibility index (Phi) is 6.90. The molecule has 0 bridgehead atoms. The highest BCUT2D eigenvalue weighted by atomic mass is 79.9. The lowest BCUT2D eigenvalue weighted by Gasteiger charge is -2.32. The highest BCUT2D eigenvalue weighted by molar-refractivity contribution is 9.10. The van der Waals surface area contributed by atoms with Gasteiger partial charge in [0.1, 0.15) is 5.69 Å². The van der Waals surface area contributed by atoms with Gasteiger partial charge in [-0.15, -0.1) is 0 Å². The number of carbonyl (C=O) groups excluding carboxylic acids is 1. The van der Waals surface area contributed by atoms with Gasteiger partial charge in [0.2, 0.25) is 5.95 Å². The van der Waals surface area contributed by atoms with E-state index in [4.69, 9.17) is 0 Å². The van der Waals surface area contributed by atoms with Crippen LogP contribution >= 0.6 is 15.9 Å². The van der Waals surface area contributed by atoms with Gasteiger partial charge in [-0.1, -0.05) is 19.9 Å². The van der Waals surface area contributed by atoms with Crippen LogP contribution in [0.25, 0.3) is 0 Å². The van der Waals surface area contributed by atoms with Gasteiger partial charge in [0.25, 0.3) is 5.91 Å². The Morgan fingerprint density at radius 3 is 2.45 bits per heavy atom. The van der Waals surface area contributed by atoms with E-state index in [1.165, 1.54) is 5.56 Å². The van der Waals surface area contributed by atoms with Crippen molar-refractivity contribution in [3.63, 3.8) is 0 Å². The third kappa shape index (κ3) is 4.95. The van der Waals surface area contributed by atoms with Crippen LogP contribution in [0.15, 0.2) is 28.7 Å². The summed E-state index contributed by atoms with van der Waals surface area (Å²) in [5, 5.41) is 0. The number of hydrogen-bond acceptors (Lipinski definition) is 5. The molecule has 2 aromatic rings. The van der Waals surface area contributed by atoms with Crippen molar-refractivity contribution in [2.45, 2.75) is 33.6 Å². The lowest BCUT2D eigenvalue weighted by molar-refractivity contribution is 0.0658. The highest BCUT2D eigenvalue weighted by Gasteiger charge is 2.23. The Hall–Kier alpha value is -1.99. The molecule has 1 aromatic carbocycles. The number of anilines is 2. The molecule has 1 amide bonds. The maximum Gasteiger partial charge on any atom is 0.272 e. The molecule has 0 unspecified atom stereocenters. The molecule has 0 N–H and O–H groups in total. The zero-order chi connectivity index (χ0) is 21.1. The zero-order valence-electron chi connectivity index (χ0n) is 17.9. The second kappa shape index (κ2) is 9.22. The van der Waals surface area contributed by atoms with Crippen molar-refractivity contribution in [3.8, 4) is 0 Å². The van der Waals surface area contributed by atoms with E-state index in [0.29, 0.717) is 24.1 Å². The van der Waals surface area contributed by atoms with Crippen molar-refractivity contribution in [3.05, 3.63) is 45.7 Å². The molecule has 0 spiro atoms. The van der Waals surface area contributed by atoms with Crippen molar-refractivity contribution in [1.29, 1.82) is 0 Å². The summed E-state index contributed by atoms with van der Waals surface area (Å²) in [5.41, 5.74) is 3.53. The number of halogens is 1. The summed E-state index contributed by atoms with van der Waals surface area (Å²) in [7, 11) is 2.08. The van der Waals surface area contributed by atoms with Gasteiger partial charge in [-0.25, -0.2) is 9.97 Å². The number of amides is 1. The number of aromatic nitrogens is 2. The molecule has 29 heavy (non-hydrogen) atoms. The number of aryl methyl sites for hydroxylation is 1. The van der Waals surface area contributed by atoms with Crippen LogP contribution in [0.1, 0.15) is 48.4 Å². The molecule has 0 radical (unpaired) electrons. The van der Waals surface area contributed by atoms with E-state index < -0.39 is 0 Å². The summed E-state index contributed by atoms with van der Waals surface area (Å²) in [5.74, 6) is 0.997. The molecule has 156 valence electrons. The summed E-state index contributed by atoms with van der Waals surface area (Å²) in [6, 6.07) is 8.17. The smallest absolute Gasteiger partial charge is 0.272 e. The molecule has 1 aliphatic rings. The summed E-state index contributed by atoms with van der Waals surface area (Å²) in [6.07, 6.45) is 0. The number of benzene rings is 1. The van der Waals surface area contributed by atoms with Crippen LogP contribution < -0.4 is 4.90 Å². The molecule has 1 saturated heterocycles. The molecule has 0 atom stereocenters. The van der Waals surface area contributed by atoms with Crippen molar-refractivity contribution in [2.24, 2.45) is 0 Å². The fraction of sp³-hybridized carbons (Fsp3) is 0.500. The standard InChI is InChI=1S/C22H30BrN5O/c1-6-28(20-8-7-17(15(2)3)14-18(20)23)22-24-16(4)13-19(25-22)21(29)27-11-9-26(5)10-12-27/h7-8,13-15H,6,9-12H2,1-5H3. The number of hydrogen-bond donors (Lipinski definition) is 0. The van der Waals surface area contributed by atoms with Crippen LogP contribution in [0.2, 0.25) is 0 Å². The quantitative estimate of drug-likeness (QED) is 0.669. The SMILES string of the molecule is CCN(c1nc(C)cc(C(=O)N2CCN(C)CC2)n1)c1ccc(C(C)C)cc1Br. The topological polar surface area (TPSA) is 52.6 Å². The Labute approximate surface area is 182 Å². The van der Waals surface area contributed by atoms with Crippen LogP contribution in [-0.4, -0.2) is 65.4 Å². The van der Waals surface area contributed by atoms with Gasteiger partial charge in [-0.3, -0.25) is 4.79 Å². The van der Waals surface area contributed by atoms with Crippen LogP contribution in [-0.2, 0) is 0 Å². The van der Waals surface area contributed by atoms with Crippen LogP contribution in [0.4, 0.5) is 11.6 Å². The Bertz CT molecular complexity index is 878. The fourth-order valence-electron chi connectivity index (χ4n) is 3.48. The van der Waals surface area contributed by atoms with E-state index in [2.05, 4.69) is 76.8 Å². The molecule has 1 fully saturated rings. The minimum atomic E-state index is -0.0184. The van der Waals surface area contributed by atoms with Gasteiger partial charge in [-0.05, 0) is 66.5 Å². The minimum absolute atomic E-state index is 0.0184. The number of likely N-dealkylation sites (N-methyl/N-ethyl adjacent to an activating group) is 1. The molecule has 6 nitrogen and oxygen atoms in total. The molecule has 7 heteroatoms. The largest absolute Gasteiger partial charge is 0.335 e. The van der Waals surface area contributed by atoms with Crippen molar-refractivity contribution in [1.82, 2.24) is 19.8 Å². The molecule has 1 aliphatic heterocycles. The van der Waals surface area contributed by atoms with E-state index in [1.807, 2.05) is 16.7 Å². The predicted molar refractivity (Wildman–Crippen MR) is 121 cm³/mol. The fourth-order valence-corrected chi connectivity index (χ4v) is 4.09. The number of nitrogens with zero attached hydrogens (tertiary/aromatic N) is 5. The zero-order valence-corrected chi connectivity index (χ0v) is 19.5. The van der Waals surface area contributed by atoms with Crippen molar-refractivity contribution in [2.75, 3.05) is 44.7 Å². The molecule has 2 heterocycles. The van der Waals surface area contributed by atoms with Crippen LogP contribution in [0, 0.1) is 6.92 Å². The van der Waals surface area contributed by atoms with Gasteiger partial charge in [0.05, 0.1) is 5.69 Å². The molecule has 0 aliphatic carbocycles. The summed E-state index contributed by atoms with van der Waals surface area (Å²) in [6.45, 7) is 12.3. The average Bonchev–Trinajstić information content (AvgIpc) is 2.69. The Morgan fingerprint density at radius 1 is 1.17 bits per heavy atom.